The number of alkyl halides is 1. The molecule has 1 N–H and O–H groups in total. The van der Waals surface area contributed by atoms with Crippen molar-refractivity contribution in [3.63, 3.8) is 0 Å². The monoisotopic (exact) mass is 347 g/mol. The van der Waals surface area contributed by atoms with Crippen molar-refractivity contribution < 1.29 is 4.39 Å². The van der Waals surface area contributed by atoms with Gasteiger partial charge in [0, 0.05) is 22.4 Å². The Hall–Kier alpha value is -0.120. The highest BCUT2D eigenvalue weighted by atomic mass is 79.9. The minimum Gasteiger partial charge on any atom is -0.306 e. The van der Waals surface area contributed by atoms with Gasteiger partial charge in [0.05, 0.1) is 0 Å². The summed E-state index contributed by atoms with van der Waals surface area (Å²) in [6, 6.07) is 5.00. The number of nitrogens with one attached hydrogen (secondary N) is 1. The van der Waals surface area contributed by atoms with Gasteiger partial charge in [-0.05, 0) is 55.4 Å². The smallest absolute Gasteiger partial charge is 0.124 e. The van der Waals surface area contributed by atoms with E-state index in [2.05, 4.69) is 28.2 Å². The molecule has 1 nitrogen and oxygen atoms in total. The second-order valence-electron chi connectivity index (χ2n) is 5.73. The fourth-order valence-electron chi connectivity index (χ4n) is 2.67. The lowest BCUT2D eigenvalue weighted by Crippen LogP contribution is -2.49. The highest BCUT2D eigenvalue weighted by Gasteiger charge is 2.32. The standard InChI is InChI=1S/C15H20BrClFN/c1-11-2-4-15(10-17,5-3-11)19-9-12-6-13(16)8-14(18)7-12/h6-8,11,19H,2-5,9-10H2,1H3. The van der Waals surface area contributed by atoms with Crippen LogP contribution in [0.5, 0.6) is 0 Å². The minimum atomic E-state index is -0.205. The van der Waals surface area contributed by atoms with Crippen molar-refractivity contribution in [2.45, 2.75) is 44.7 Å². The van der Waals surface area contributed by atoms with Crippen LogP contribution in [-0.4, -0.2) is 11.4 Å². The summed E-state index contributed by atoms with van der Waals surface area (Å²) in [7, 11) is 0. The highest BCUT2D eigenvalue weighted by Crippen LogP contribution is 2.33. The van der Waals surface area contributed by atoms with Crippen LogP contribution in [0.25, 0.3) is 0 Å². The maximum Gasteiger partial charge on any atom is 0.124 e. The van der Waals surface area contributed by atoms with Crippen LogP contribution in [0.2, 0.25) is 0 Å². The molecule has 106 valence electrons. The molecule has 0 radical (unpaired) electrons. The van der Waals surface area contributed by atoms with E-state index in [1.165, 1.54) is 18.9 Å². The van der Waals surface area contributed by atoms with Gasteiger partial charge >= 0.3 is 0 Å². The summed E-state index contributed by atoms with van der Waals surface area (Å²) in [5, 5.41) is 3.56. The first kappa shape index (κ1) is 15.3. The van der Waals surface area contributed by atoms with Crippen LogP contribution in [0.15, 0.2) is 22.7 Å². The Labute approximate surface area is 128 Å². The van der Waals surface area contributed by atoms with Gasteiger partial charge in [0.2, 0.25) is 0 Å². The van der Waals surface area contributed by atoms with E-state index in [0.29, 0.717) is 12.4 Å². The van der Waals surface area contributed by atoms with E-state index in [9.17, 15) is 4.39 Å². The third-order valence-corrected chi connectivity index (χ3v) is 5.05. The Morgan fingerprint density at radius 2 is 2.05 bits per heavy atom. The second kappa shape index (κ2) is 6.55. The minimum absolute atomic E-state index is 0.0207. The lowest BCUT2D eigenvalue weighted by atomic mass is 9.78. The first-order valence-corrected chi connectivity index (χ1v) is 8.12. The van der Waals surface area contributed by atoms with Crippen LogP contribution in [0, 0.1) is 11.7 Å². The number of benzene rings is 1. The summed E-state index contributed by atoms with van der Waals surface area (Å²) in [6.07, 6.45) is 4.64. The predicted molar refractivity (Wildman–Crippen MR) is 82.0 cm³/mol. The SMILES string of the molecule is CC1CCC(CCl)(NCc2cc(F)cc(Br)c2)CC1. The summed E-state index contributed by atoms with van der Waals surface area (Å²) in [4.78, 5) is 0. The molecule has 0 heterocycles. The molecule has 1 fully saturated rings. The zero-order valence-electron chi connectivity index (χ0n) is 11.2. The number of rotatable bonds is 4. The number of hydrogen-bond acceptors (Lipinski definition) is 1. The molecule has 0 unspecified atom stereocenters. The molecule has 2 rings (SSSR count). The van der Waals surface area contributed by atoms with Crippen LogP contribution in [0.3, 0.4) is 0 Å². The fourth-order valence-corrected chi connectivity index (χ4v) is 3.55. The van der Waals surface area contributed by atoms with E-state index in [-0.39, 0.29) is 11.4 Å². The van der Waals surface area contributed by atoms with Gasteiger partial charge in [0.25, 0.3) is 0 Å². The Morgan fingerprint density at radius 3 is 2.63 bits per heavy atom. The van der Waals surface area contributed by atoms with Crippen molar-refractivity contribution in [1.29, 1.82) is 0 Å². The molecule has 0 amide bonds. The van der Waals surface area contributed by atoms with Crippen LogP contribution in [-0.2, 0) is 6.54 Å². The second-order valence-corrected chi connectivity index (χ2v) is 6.91. The number of halogens is 3. The first-order valence-electron chi connectivity index (χ1n) is 6.79. The van der Waals surface area contributed by atoms with Gasteiger partial charge in [-0.25, -0.2) is 4.39 Å². The summed E-state index contributed by atoms with van der Waals surface area (Å²) in [5.74, 6) is 1.21. The van der Waals surface area contributed by atoms with E-state index in [0.717, 1.165) is 28.8 Å². The molecule has 19 heavy (non-hydrogen) atoms. The molecule has 0 saturated heterocycles. The Bertz CT molecular complexity index is 410. The van der Waals surface area contributed by atoms with Gasteiger partial charge in [-0.1, -0.05) is 22.9 Å². The van der Waals surface area contributed by atoms with Crippen molar-refractivity contribution >= 4 is 27.5 Å². The molecule has 0 aliphatic heterocycles. The summed E-state index contributed by atoms with van der Waals surface area (Å²) >= 11 is 9.49. The normalized spacial score (nSPS) is 27.5. The Kier molecular flexibility index (Phi) is 5.27. The molecule has 1 aliphatic rings. The number of hydrogen-bond donors (Lipinski definition) is 1. The Balaban J connectivity index is 1.99. The molecule has 1 aromatic rings. The van der Waals surface area contributed by atoms with E-state index in [1.807, 2.05) is 6.07 Å². The maximum absolute atomic E-state index is 13.3. The molecule has 4 heteroatoms. The molecule has 1 aromatic carbocycles. The van der Waals surface area contributed by atoms with E-state index < -0.39 is 0 Å². The van der Waals surface area contributed by atoms with Crippen LogP contribution < -0.4 is 5.32 Å². The topological polar surface area (TPSA) is 12.0 Å². The highest BCUT2D eigenvalue weighted by molar-refractivity contribution is 9.10. The lowest BCUT2D eigenvalue weighted by molar-refractivity contribution is 0.216. The third-order valence-electron chi connectivity index (χ3n) is 4.08. The predicted octanol–water partition coefficient (Wildman–Crippen LogP) is 4.87. The molecule has 1 aliphatic carbocycles. The van der Waals surface area contributed by atoms with Gasteiger partial charge in [0.1, 0.15) is 5.82 Å². The van der Waals surface area contributed by atoms with Crippen molar-refractivity contribution in [2.24, 2.45) is 5.92 Å². The molecule has 0 aromatic heterocycles. The third kappa shape index (κ3) is 4.17. The first-order chi connectivity index (χ1) is 9.03. The van der Waals surface area contributed by atoms with Crippen molar-refractivity contribution in [2.75, 3.05) is 5.88 Å². The van der Waals surface area contributed by atoms with Gasteiger partial charge in [-0.2, -0.15) is 0 Å². The maximum atomic E-state index is 13.3. The largest absolute Gasteiger partial charge is 0.306 e. The van der Waals surface area contributed by atoms with Crippen molar-refractivity contribution in [3.05, 3.63) is 34.1 Å². The zero-order chi connectivity index (χ0) is 13.9. The summed E-state index contributed by atoms with van der Waals surface area (Å²) < 4.78 is 14.1. The molecular formula is C15H20BrClFN. The van der Waals surface area contributed by atoms with Gasteiger partial charge in [-0.3, -0.25) is 0 Å². The van der Waals surface area contributed by atoms with Crippen molar-refractivity contribution in [1.82, 2.24) is 5.32 Å². The average molecular weight is 349 g/mol. The molecule has 0 bridgehead atoms. The average Bonchev–Trinajstić information content (AvgIpc) is 2.38. The van der Waals surface area contributed by atoms with Crippen LogP contribution in [0.4, 0.5) is 4.39 Å². The Morgan fingerprint density at radius 1 is 1.37 bits per heavy atom. The molecular weight excluding hydrogens is 329 g/mol. The zero-order valence-corrected chi connectivity index (χ0v) is 13.5. The van der Waals surface area contributed by atoms with Gasteiger partial charge in [-0.15, -0.1) is 11.6 Å². The molecule has 0 atom stereocenters. The quantitative estimate of drug-likeness (QED) is 0.766. The molecule has 1 saturated carbocycles. The summed E-state index contributed by atoms with van der Waals surface area (Å²) in [5.41, 5.74) is 0.974. The molecule has 0 spiro atoms. The summed E-state index contributed by atoms with van der Waals surface area (Å²) in [6.45, 7) is 2.96. The van der Waals surface area contributed by atoms with E-state index >= 15 is 0 Å². The van der Waals surface area contributed by atoms with Gasteiger partial charge in [0.15, 0.2) is 0 Å². The van der Waals surface area contributed by atoms with Crippen LogP contribution >= 0.6 is 27.5 Å². The van der Waals surface area contributed by atoms with E-state index in [4.69, 9.17) is 11.6 Å². The van der Waals surface area contributed by atoms with Gasteiger partial charge < -0.3 is 5.32 Å². The lowest BCUT2D eigenvalue weighted by Gasteiger charge is -2.39. The van der Waals surface area contributed by atoms with E-state index in [1.54, 1.807) is 6.07 Å². The van der Waals surface area contributed by atoms with Crippen LogP contribution in [0.1, 0.15) is 38.2 Å². The van der Waals surface area contributed by atoms with Crippen molar-refractivity contribution in [3.8, 4) is 0 Å². The fraction of sp³-hybridized carbons (Fsp3) is 0.600.